The number of unbranched alkanes of at least 4 members (excludes halogenated alkanes) is 10. The first-order valence-electron chi connectivity index (χ1n) is 10.7. The summed E-state index contributed by atoms with van der Waals surface area (Å²) in [6.07, 6.45) is 20.3. The molecule has 24 heavy (non-hydrogen) atoms. The summed E-state index contributed by atoms with van der Waals surface area (Å²) < 4.78 is 0. The van der Waals surface area contributed by atoms with Gasteiger partial charge in [0.15, 0.2) is 0 Å². The molecule has 2 nitrogen and oxygen atoms in total. The Labute approximate surface area is 151 Å². The lowest BCUT2D eigenvalue weighted by molar-refractivity contribution is -0.137. The summed E-state index contributed by atoms with van der Waals surface area (Å²) in [5, 5.41) is 8.60. The van der Waals surface area contributed by atoms with E-state index in [4.69, 9.17) is 5.11 Å². The molecule has 2 heteroatoms. The summed E-state index contributed by atoms with van der Waals surface area (Å²) in [4.78, 5) is 10.4. The van der Waals surface area contributed by atoms with Crippen molar-refractivity contribution in [3.8, 4) is 0 Å². The molecule has 0 aliphatic carbocycles. The molecule has 0 radical (unpaired) electrons. The highest BCUT2D eigenvalue weighted by molar-refractivity contribution is 5.66. The molecule has 0 fully saturated rings. The first kappa shape index (κ1) is 23.5. The highest BCUT2D eigenvalue weighted by Crippen LogP contribution is 2.18. The normalized spacial score (nSPS) is 12.7. The van der Waals surface area contributed by atoms with E-state index in [2.05, 4.69) is 20.8 Å². The average molecular weight is 341 g/mol. The predicted molar refractivity (Wildman–Crippen MR) is 106 cm³/mol. The molecule has 144 valence electrons. The summed E-state index contributed by atoms with van der Waals surface area (Å²) in [5.74, 6) is 1.03. The fourth-order valence-electron chi connectivity index (χ4n) is 3.37. The van der Waals surface area contributed by atoms with E-state index >= 15 is 0 Å². The Morgan fingerprint density at radius 2 is 1.00 bits per heavy atom. The predicted octanol–water partition coefficient (Wildman–Crippen LogP) is 7.60. The molecule has 0 saturated heterocycles. The third-order valence-electron chi connectivity index (χ3n) is 5.07. The van der Waals surface area contributed by atoms with Crippen molar-refractivity contribution >= 4 is 5.97 Å². The zero-order valence-electron chi connectivity index (χ0n) is 16.8. The molecule has 0 aliphatic rings. The minimum atomic E-state index is -0.654. The minimum Gasteiger partial charge on any atom is -0.481 e. The quantitative estimate of drug-likeness (QED) is 0.261. The molecule has 0 bridgehead atoms. The molecule has 0 heterocycles. The molecule has 1 unspecified atom stereocenters. The molecule has 0 aromatic heterocycles. The van der Waals surface area contributed by atoms with Crippen LogP contribution in [0.25, 0.3) is 0 Å². The highest BCUT2D eigenvalue weighted by atomic mass is 16.4. The van der Waals surface area contributed by atoms with E-state index in [0.717, 1.165) is 24.7 Å². The lowest BCUT2D eigenvalue weighted by atomic mass is 9.96. The molecule has 1 N–H and O–H groups in total. The number of carboxylic acid groups (broad SMARTS) is 1. The van der Waals surface area contributed by atoms with Gasteiger partial charge in [0.05, 0.1) is 0 Å². The zero-order chi connectivity index (χ0) is 18.0. The molecule has 0 rings (SSSR count). The molecule has 0 aromatic rings. The Kier molecular flexibility index (Phi) is 16.9. The molecular formula is C22H44O2. The van der Waals surface area contributed by atoms with E-state index in [1.165, 1.54) is 83.5 Å². The van der Waals surface area contributed by atoms with Crippen LogP contribution in [0.3, 0.4) is 0 Å². The van der Waals surface area contributed by atoms with Crippen LogP contribution in [0.2, 0.25) is 0 Å². The molecular weight excluding hydrogens is 296 g/mol. The van der Waals surface area contributed by atoms with Gasteiger partial charge in [0.25, 0.3) is 0 Å². The van der Waals surface area contributed by atoms with E-state index in [0.29, 0.717) is 6.42 Å². The minimum absolute atomic E-state index is 0.339. The van der Waals surface area contributed by atoms with Crippen molar-refractivity contribution in [2.45, 2.75) is 124 Å². The van der Waals surface area contributed by atoms with Crippen LogP contribution in [0.4, 0.5) is 0 Å². The van der Waals surface area contributed by atoms with Crippen LogP contribution < -0.4 is 0 Å². The third kappa shape index (κ3) is 19.5. The molecule has 0 amide bonds. The van der Waals surface area contributed by atoms with Gasteiger partial charge in [-0.3, -0.25) is 4.79 Å². The standard InChI is InChI=1S/C22H44O2/c1-20(2)16-12-9-7-5-4-6-8-10-13-17-21(3)18-14-11-15-19-22(23)24/h20-21H,4-19H2,1-3H3,(H,23,24). The van der Waals surface area contributed by atoms with Crippen molar-refractivity contribution in [1.82, 2.24) is 0 Å². The second-order valence-electron chi connectivity index (χ2n) is 8.25. The lowest BCUT2D eigenvalue weighted by Gasteiger charge is -2.10. The Bertz CT molecular complexity index is 273. The van der Waals surface area contributed by atoms with Gasteiger partial charge in [0.1, 0.15) is 0 Å². The van der Waals surface area contributed by atoms with Gasteiger partial charge in [-0.2, -0.15) is 0 Å². The van der Waals surface area contributed by atoms with E-state index in [9.17, 15) is 4.79 Å². The van der Waals surface area contributed by atoms with Crippen LogP contribution in [-0.2, 0) is 4.79 Å². The largest absolute Gasteiger partial charge is 0.481 e. The molecule has 1 atom stereocenters. The molecule has 0 spiro atoms. The number of carboxylic acids is 1. The summed E-state index contributed by atoms with van der Waals surface area (Å²) >= 11 is 0. The van der Waals surface area contributed by atoms with Gasteiger partial charge in [-0.15, -0.1) is 0 Å². The van der Waals surface area contributed by atoms with Crippen LogP contribution >= 0.6 is 0 Å². The second kappa shape index (κ2) is 17.3. The Morgan fingerprint density at radius 3 is 1.42 bits per heavy atom. The molecule has 0 aliphatic heterocycles. The molecule has 0 aromatic carbocycles. The van der Waals surface area contributed by atoms with Crippen LogP contribution in [0.1, 0.15) is 124 Å². The van der Waals surface area contributed by atoms with Gasteiger partial charge in [-0.1, -0.05) is 111 Å². The van der Waals surface area contributed by atoms with E-state index in [1.54, 1.807) is 0 Å². The number of hydrogen-bond acceptors (Lipinski definition) is 1. The zero-order valence-corrected chi connectivity index (χ0v) is 16.8. The van der Waals surface area contributed by atoms with Crippen LogP contribution in [-0.4, -0.2) is 11.1 Å². The highest BCUT2D eigenvalue weighted by Gasteiger charge is 2.03. The fourth-order valence-corrected chi connectivity index (χ4v) is 3.37. The van der Waals surface area contributed by atoms with E-state index in [-0.39, 0.29) is 0 Å². The third-order valence-corrected chi connectivity index (χ3v) is 5.07. The summed E-state index contributed by atoms with van der Waals surface area (Å²) in [6, 6.07) is 0. The Balaban J connectivity index is 3.16. The first-order valence-corrected chi connectivity index (χ1v) is 10.7. The number of hydrogen-bond donors (Lipinski definition) is 1. The maximum absolute atomic E-state index is 10.4. The van der Waals surface area contributed by atoms with Gasteiger partial charge in [-0.05, 0) is 18.3 Å². The summed E-state index contributed by atoms with van der Waals surface area (Å²) in [6.45, 7) is 7.00. The Hall–Kier alpha value is -0.530. The van der Waals surface area contributed by atoms with Crippen molar-refractivity contribution in [3.63, 3.8) is 0 Å². The van der Waals surface area contributed by atoms with Crippen molar-refractivity contribution in [1.29, 1.82) is 0 Å². The second-order valence-corrected chi connectivity index (χ2v) is 8.25. The Morgan fingerprint density at radius 1 is 0.625 bits per heavy atom. The van der Waals surface area contributed by atoms with Gasteiger partial charge in [0.2, 0.25) is 0 Å². The fraction of sp³-hybridized carbons (Fsp3) is 0.955. The van der Waals surface area contributed by atoms with Crippen LogP contribution in [0.5, 0.6) is 0 Å². The van der Waals surface area contributed by atoms with Crippen LogP contribution in [0, 0.1) is 11.8 Å². The van der Waals surface area contributed by atoms with Crippen molar-refractivity contribution in [3.05, 3.63) is 0 Å². The monoisotopic (exact) mass is 340 g/mol. The number of aliphatic carboxylic acids is 1. The van der Waals surface area contributed by atoms with E-state index in [1.807, 2.05) is 0 Å². The number of rotatable bonds is 18. The number of carbonyl (C=O) groups is 1. The van der Waals surface area contributed by atoms with Crippen molar-refractivity contribution in [2.24, 2.45) is 11.8 Å². The summed E-state index contributed by atoms with van der Waals surface area (Å²) in [5.41, 5.74) is 0. The average Bonchev–Trinajstić information content (AvgIpc) is 2.51. The first-order chi connectivity index (χ1) is 11.5. The topological polar surface area (TPSA) is 37.3 Å². The van der Waals surface area contributed by atoms with Gasteiger partial charge in [-0.25, -0.2) is 0 Å². The molecule has 0 saturated carbocycles. The van der Waals surface area contributed by atoms with Gasteiger partial charge >= 0.3 is 5.97 Å². The lowest BCUT2D eigenvalue weighted by Crippen LogP contribution is -1.97. The van der Waals surface area contributed by atoms with Gasteiger partial charge < -0.3 is 5.11 Å². The van der Waals surface area contributed by atoms with Crippen molar-refractivity contribution in [2.75, 3.05) is 0 Å². The maximum Gasteiger partial charge on any atom is 0.303 e. The maximum atomic E-state index is 10.4. The summed E-state index contributed by atoms with van der Waals surface area (Å²) in [7, 11) is 0. The van der Waals surface area contributed by atoms with Crippen LogP contribution in [0.15, 0.2) is 0 Å². The van der Waals surface area contributed by atoms with E-state index < -0.39 is 5.97 Å². The van der Waals surface area contributed by atoms with Gasteiger partial charge in [0, 0.05) is 6.42 Å². The smallest absolute Gasteiger partial charge is 0.303 e. The van der Waals surface area contributed by atoms with Crippen molar-refractivity contribution < 1.29 is 9.90 Å². The SMILES string of the molecule is CC(C)CCCCCCCCCCCC(C)CCCCCC(=O)O.